The van der Waals surface area contributed by atoms with Gasteiger partial charge >= 0.3 is 6.36 Å². The molecule has 2 aromatic carbocycles. The van der Waals surface area contributed by atoms with Gasteiger partial charge in [0.2, 0.25) is 0 Å². The zero-order valence-electron chi connectivity index (χ0n) is 14.6. The number of nitrogens with one attached hydrogen (secondary N) is 1. The van der Waals surface area contributed by atoms with Crippen molar-refractivity contribution in [2.45, 2.75) is 6.36 Å². The third kappa shape index (κ3) is 4.35. The van der Waals surface area contributed by atoms with Gasteiger partial charge in [0.1, 0.15) is 11.4 Å². The molecule has 4 rings (SSSR count). The van der Waals surface area contributed by atoms with Crippen molar-refractivity contribution in [3.63, 3.8) is 0 Å². The van der Waals surface area contributed by atoms with Gasteiger partial charge in [0, 0.05) is 16.3 Å². The van der Waals surface area contributed by atoms with Gasteiger partial charge in [-0.1, -0.05) is 30.3 Å². The van der Waals surface area contributed by atoms with Crippen LogP contribution in [0.5, 0.6) is 5.75 Å². The van der Waals surface area contributed by atoms with Crippen molar-refractivity contribution in [1.29, 1.82) is 0 Å². The number of aromatic nitrogens is 2. The zero-order valence-corrected chi connectivity index (χ0v) is 15.4. The number of para-hydroxylation sites is 1. The minimum atomic E-state index is -4.78. The van der Waals surface area contributed by atoms with E-state index in [2.05, 4.69) is 20.0 Å². The van der Waals surface area contributed by atoms with Crippen molar-refractivity contribution in [3.8, 4) is 17.0 Å². The Morgan fingerprint density at radius 3 is 2.66 bits per heavy atom. The molecule has 9 heteroatoms. The van der Waals surface area contributed by atoms with Crippen LogP contribution in [0.1, 0.15) is 10.5 Å². The van der Waals surface area contributed by atoms with Gasteiger partial charge in [0.25, 0.3) is 5.91 Å². The molecule has 4 aromatic rings. The largest absolute Gasteiger partial charge is 0.573 e. The number of nitrogens with zero attached hydrogens (tertiary/aromatic N) is 2. The molecule has 2 heterocycles. The molecule has 5 nitrogen and oxygen atoms in total. The van der Waals surface area contributed by atoms with Crippen LogP contribution in [0.2, 0.25) is 0 Å². The normalized spacial score (nSPS) is 11.4. The number of hydrogen-bond donors (Lipinski definition) is 1. The standard InChI is InChI=1S/C20H12F3N3O2S/c21-20(22,23)28-14-5-1-4-13(9-14)15-8-7-12-3-2-6-16(18(12)25-15)26-19(27)17-10-29-11-24-17/h1-11H,(H,26,27). The number of alkyl halides is 3. The number of benzene rings is 2. The molecular weight excluding hydrogens is 403 g/mol. The molecule has 146 valence electrons. The van der Waals surface area contributed by atoms with Crippen molar-refractivity contribution < 1.29 is 22.7 Å². The zero-order chi connectivity index (χ0) is 20.4. The Labute approximate surface area is 166 Å². The summed E-state index contributed by atoms with van der Waals surface area (Å²) in [6, 6.07) is 14.4. The molecule has 1 N–H and O–H groups in total. The van der Waals surface area contributed by atoms with Crippen LogP contribution in [0, 0.1) is 0 Å². The summed E-state index contributed by atoms with van der Waals surface area (Å²) in [6.45, 7) is 0. The Morgan fingerprint density at radius 2 is 1.90 bits per heavy atom. The number of rotatable bonds is 4. The molecule has 0 unspecified atom stereocenters. The van der Waals surface area contributed by atoms with E-state index in [0.717, 1.165) is 5.39 Å². The van der Waals surface area contributed by atoms with Crippen molar-refractivity contribution in [2.75, 3.05) is 5.32 Å². The quantitative estimate of drug-likeness (QED) is 0.477. The highest BCUT2D eigenvalue weighted by atomic mass is 32.1. The second-order valence-electron chi connectivity index (χ2n) is 5.98. The Bertz CT molecular complexity index is 1180. The number of carbonyl (C=O) groups excluding carboxylic acids is 1. The third-order valence-corrected chi connectivity index (χ3v) is 4.58. The summed E-state index contributed by atoms with van der Waals surface area (Å²) in [5.41, 5.74) is 3.74. The first kappa shape index (κ1) is 18.9. The number of fused-ring (bicyclic) bond motifs is 1. The number of carbonyl (C=O) groups is 1. The maximum atomic E-state index is 12.5. The highest BCUT2D eigenvalue weighted by molar-refractivity contribution is 7.07. The van der Waals surface area contributed by atoms with Crippen LogP contribution >= 0.6 is 11.3 Å². The predicted octanol–water partition coefficient (Wildman–Crippen LogP) is 5.51. The van der Waals surface area contributed by atoms with E-state index < -0.39 is 6.36 Å². The first-order valence-electron chi connectivity index (χ1n) is 8.34. The van der Waals surface area contributed by atoms with E-state index in [-0.39, 0.29) is 11.7 Å². The molecule has 0 fully saturated rings. The maximum Gasteiger partial charge on any atom is 0.573 e. The topological polar surface area (TPSA) is 64.1 Å². The van der Waals surface area contributed by atoms with E-state index in [1.165, 1.54) is 29.5 Å². The number of hydrogen-bond acceptors (Lipinski definition) is 5. The smallest absolute Gasteiger partial charge is 0.406 e. The van der Waals surface area contributed by atoms with E-state index in [4.69, 9.17) is 0 Å². The van der Waals surface area contributed by atoms with E-state index >= 15 is 0 Å². The van der Waals surface area contributed by atoms with Gasteiger partial charge in [-0.25, -0.2) is 9.97 Å². The second kappa shape index (κ2) is 7.51. The highest BCUT2D eigenvalue weighted by Crippen LogP contribution is 2.30. The molecule has 0 spiro atoms. The minimum absolute atomic E-state index is 0.292. The maximum absolute atomic E-state index is 12.5. The number of halogens is 3. The van der Waals surface area contributed by atoms with E-state index in [1.807, 2.05) is 6.07 Å². The molecule has 29 heavy (non-hydrogen) atoms. The van der Waals surface area contributed by atoms with Crippen LogP contribution in [0.4, 0.5) is 18.9 Å². The fourth-order valence-electron chi connectivity index (χ4n) is 2.77. The lowest BCUT2D eigenvalue weighted by Crippen LogP contribution is -2.17. The molecule has 0 atom stereocenters. The number of pyridine rings is 1. The summed E-state index contributed by atoms with van der Waals surface area (Å²) >= 11 is 1.31. The fraction of sp³-hybridized carbons (Fsp3) is 0.0500. The monoisotopic (exact) mass is 415 g/mol. The molecule has 2 aromatic heterocycles. The summed E-state index contributed by atoms with van der Waals surface area (Å²) in [5, 5.41) is 5.18. The predicted molar refractivity (Wildman–Crippen MR) is 104 cm³/mol. The molecule has 0 radical (unpaired) electrons. The van der Waals surface area contributed by atoms with Crippen molar-refractivity contribution in [2.24, 2.45) is 0 Å². The molecule has 0 aliphatic heterocycles. The lowest BCUT2D eigenvalue weighted by Gasteiger charge is -2.11. The van der Waals surface area contributed by atoms with Gasteiger partial charge in [-0.2, -0.15) is 0 Å². The summed E-state index contributed by atoms with van der Waals surface area (Å²) in [7, 11) is 0. The number of anilines is 1. The molecular formula is C20H12F3N3O2S. The van der Waals surface area contributed by atoms with Crippen LogP contribution in [0.3, 0.4) is 0 Å². The van der Waals surface area contributed by atoms with Crippen LogP contribution in [0.25, 0.3) is 22.2 Å². The van der Waals surface area contributed by atoms with Crippen molar-refractivity contribution in [1.82, 2.24) is 9.97 Å². The number of amides is 1. The average molecular weight is 415 g/mol. The van der Waals surface area contributed by atoms with Gasteiger partial charge in [0.05, 0.1) is 22.4 Å². The van der Waals surface area contributed by atoms with E-state index in [9.17, 15) is 18.0 Å². The summed E-state index contributed by atoms with van der Waals surface area (Å²) in [6.07, 6.45) is -4.78. The Kier molecular flexibility index (Phi) is 4.89. The molecule has 0 aliphatic carbocycles. The second-order valence-corrected chi connectivity index (χ2v) is 6.70. The molecule has 0 saturated carbocycles. The SMILES string of the molecule is O=C(Nc1cccc2ccc(-c3cccc(OC(F)(F)F)c3)nc12)c1cscn1. The van der Waals surface area contributed by atoms with Gasteiger partial charge < -0.3 is 10.1 Å². The van der Waals surface area contributed by atoms with E-state index in [1.54, 1.807) is 41.2 Å². The molecule has 1 amide bonds. The van der Waals surface area contributed by atoms with Crippen LogP contribution in [-0.4, -0.2) is 22.2 Å². The Morgan fingerprint density at radius 1 is 1.07 bits per heavy atom. The molecule has 0 aliphatic rings. The Balaban J connectivity index is 1.70. The van der Waals surface area contributed by atoms with Gasteiger partial charge in [-0.05, 0) is 24.3 Å². The Hall–Kier alpha value is -3.46. The van der Waals surface area contributed by atoms with Crippen LogP contribution in [-0.2, 0) is 0 Å². The first-order valence-corrected chi connectivity index (χ1v) is 9.29. The van der Waals surface area contributed by atoms with E-state index in [0.29, 0.717) is 28.2 Å². The van der Waals surface area contributed by atoms with Gasteiger partial charge in [-0.3, -0.25) is 4.79 Å². The summed E-state index contributed by atoms with van der Waals surface area (Å²) < 4.78 is 41.5. The van der Waals surface area contributed by atoms with Crippen LogP contribution < -0.4 is 10.1 Å². The lowest BCUT2D eigenvalue weighted by molar-refractivity contribution is -0.274. The third-order valence-electron chi connectivity index (χ3n) is 4.00. The van der Waals surface area contributed by atoms with Gasteiger partial charge in [0.15, 0.2) is 0 Å². The summed E-state index contributed by atoms with van der Waals surface area (Å²) in [4.78, 5) is 20.9. The summed E-state index contributed by atoms with van der Waals surface area (Å²) in [5.74, 6) is -0.700. The highest BCUT2D eigenvalue weighted by Gasteiger charge is 2.31. The van der Waals surface area contributed by atoms with Crippen molar-refractivity contribution >= 4 is 33.8 Å². The van der Waals surface area contributed by atoms with Crippen molar-refractivity contribution in [3.05, 3.63) is 71.2 Å². The fourth-order valence-corrected chi connectivity index (χ4v) is 3.30. The lowest BCUT2D eigenvalue weighted by atomic mass is 10.1. The van der Waals surface area contributed by atoms with Gasteiger partial charge in [-0.15, -0.1) is 24.5 Å². The first-order chi connectivity index (χ1) is 13.9. The molecule has 0 bridgehead atoms. The van der Waals surface area contributed by atoms with Crippen LogP contribution in [0.15, 0.2) is 65.5 Å². The number of ether oxygens (including phenoxy) is 1. The average Bonchev–Trinajstić information content (AvgIpc) is 3.22. The number of thiazole rings is 1. The molecule has 0 saturated heterocycles. The minimum Gasteiger partial charge on any atom is -0.406 e.